The molecule has 0 saturated carbocycles. The maximum atomic E-state index is 12.5. The number of ether oxygens (including phenoxy) is 1. The van der Waals surface area contributed by atoms with E-state index in [0.717, 1.165) is 0 Å². The van der Waals surface area contributed by atoms with Crippen LogP contribution in [0.2, 0.25) is 0 Å². The summed E-state index contributed by atoms with van der Waals surface area (Å²) in [6.07, 6.45) is 1.17. The maximum Gasteiger partial charge on any atom is 0.350 e. The van der Waals surface area contributed by atoms with E-state index in [1.165, 1.54) is 19.4 Å². The average Bonchev–Trinajstić information content (AvgIpc) is 2.02. The summed E-state index contributed by atoms with van der Waals surface area (Å²) in [5.74, 6) is 0.284. The second-order valence-corrected chi connectivity index (χ2v) is 4.41. The van der Waals surface area contributed by atoms with Crippen molar-refractivity contribution < 1.29 is 17.0 Å². The largest absolute Gasteiger partial charge is 0.495 e. The summed E-state index contributed by atoms with van der Waals surface area (Å²) < 4.78 is 38.6. The number of rotatable bonds is 2. The van der Waals surface area contributed by atoms with Crippen LogP contribution in [0.5, 0.6) is 5.75 Å². The number of hydrogen-bond acceptors (Lipinski definition) is 4. The first-order valence-corrected chi connectivity index (χ1v) is 5.56. The molecule has 0 aliphatic heterocycles. The molecule has 0 radical (unpaired) electrons. The van der Waals surface area contributed by atoms with Gasteiger partial charge in [-0.3, -0.25) is 0 Å². The normalized spacial score (nSPS) is 11.3. The molecule has 0 fully saturated rings. The van der Waals surface area contributed by atoms with E-state index in [1.807, 2.05) is 0 Å². The zero-order chi connectivity index (χ0) is 10.1. The van der Waals surface area contributed by atoms with Crippen molar-refractivity contribution in [1.82, 2.24) is 4.98 Å². The summed E-state index contributed by atoms with van der Waals surface area (Å²) in [4.78, 5) is 3.41. The molecule has 0 bridgehead atoms. The van der Waals surface area contributed by atoms with Crippen LogP contribution in [0.1, 0.15) is 0 Å². The highest BCUT2D eigenvalue weighted by atomic mass is 127. The van der Waals surface area contributed by atoms with Crippen LogP contribution >= 0.6 is 22.6 Å². The van der Waals surface area contributed by atoms with Crippen LogP contribution in [-0.2, 0) is 10.2 Å². The number of pyridine rings is 1. The molecule has 0 spiro atoms. The van der Waals surface area contributed by atoms with Crippen LogP contribution in [0.4, 0.5) is 3.89 Å². The molecule has 0 saturated heterocycles. The van der Waals surface area contributed by atoms with Crippen molar-refractivity contribution >= 4 is 32.8 Å². The lowest BCUT2D eigenvalue weighted by Crippen LogP contribution is -2.01. The Balaban J connectivity index is 3.41. The lowest BCUT2D eigenvalue weighted by atomic mass is 10.5. The molecule has 13 heavy (non-hydrogen) atoms. The Labute approximate surface area is 88.5 Å². The van der Waals surface area contributed by atoms with E-state index in [1.54, 1.807) is 22.6 Å². The predicted molar refractivity (Wildman–Crippen MR) is 51.8 cm³/mol. The van der Waals surface area contributed by atoms with E-state index < -0.39 is 15.2 Å². The minimum atomic E-state index is -4.76. The molecular formula is C6H5FINO3S. The van der Waals surface area contributed by atoms with E-state index in [9.17, 15) is 12.3 Å². The third kappa shape index (κ3) is 2.27. The van der Waals surface area contributed by atoms with Gasteiger partial charge in [0.1, 0.15) is 5.75 Å². The minimum absolute atomic E-state index is 0.144. The van der Waals surface area contributed by atoms with Crippen molar-refractivity contribution in [2.75, 3.05) is 7.11 Å². The van der Waals surface area contributed by atoms with Gasteiger partial charge in [0.05, 0.1) is 10.7 Å². The van der Waals surface area contributed by atoms with Crippen LogP contribution in [0, 0.1) is 3.57 Å². The van der Waals surface area contributed by atoms with Crippen molar-refractivity contribution in [3.63, 3.8) is 0 Å². The Morgan fingerprint density at radius 2 is 2.23 bits per heavy atom. The van der Waals surface area contributed by atoms with Crippen molar-refractivity contribution in [3.05, 3.63) is 15.8 Å². The van der Waals surface area contributed by atoms with Crippen LogP contribution in [0.3, 0.4) is 0 Å². The molecule has 1 aromatic rings. The van der Waals surface area contributed by atoms with Gasteiger partial charge in [0, 0.05) is 6.20 Å². The molecule has 0 aliphatic rings. The standard InChI is InChI=1S/C6H5FINO3S/c1-12-4-2-3-9-6(5(4)8)13(7,10)11/h2-3H,1H3. The molecule has 0 N–H and O–H groups in total. The Hall–Kier alpha value is -0.440. The first kappa shape index (κ1) is 10.6. The second kappa shape index (κ2) is 3.74. The zero-order valence-corrected chi connectivity index (χ0v) is 9.46. The van der Waals surface area contributed by atoms with Crippen LogP contribution in [-0.4, -0.2) is 20.5 Å². The van der Waals surface area contributed by atoms with Crippen molar-refractivity contribution in [3.8, 4) is 5.75 Å². The lowest BCUT2D eigenvalue weighted by Gasteiger charge is -2.03. The first-order valence-electron chi connectivity index (χ1n) is 3.10. The fourth-order valence-corrected chi connectivity index (χ4v) is 2.57. The Morgan fingerprint density at radius 1 is 1.62 bits per heavy atom. The lowest BCUT2D eigenvalue weighted by molar-refractivity contribution is 0.408. The maximum absolute atomic E-state index is 12.5. The van der Waals surface area contributed by atoms with Crippen molar-refractivity contribution in [1.29, 1.82) is 0 Å². The highest BCUT2D eigenvalue weighted by Gasteiger charge is 2.20. The monoisotopic (exact) mass is 317 g/mol. The number of aromatic nitrogens is 1. The Kier molecular flexibility index (Phi) is 3.06. The van der Waals surface area contributed by atoms with E-state index in [-0.39, 0.29) is 9.32 Å². The van der Waals surface area contributed by atoms with Crippen LogP contribution in [0.15, 0.2) is 17.3 Å². The molecule has 1 aromatic heterocycles. The van der Waals surface area contributed by atoms with E-state index >= 15 is 0 Å². The van der Waals surface area contributed by atoms with Crippen LogP contribution < -0.4 is 4.74 Å². The fraction of sp³-hybridized carbons (Fsp3) is 0.167. The molecule has 4 nitrogen and oxygen atoms in total. The quantitative estimate of drug-likeness (QED) is 0.610. The second-order valence-electron chi connectivity index (χ2n) is 2.07. The molecule has 0 amide bonds. The summed E-state index contributed by atoms with van der Waals surface area (Å²) in [6, 6.07) is 1.45. The van der Waals surface area contributed by atoms with Gasteiger partial charge < -0.3 is 4.74 Å². The summed E-state index contributed by atoms with van der Waals surface area (Å²) >= 11 is 1.66. The van der Waals surface area contributed by atoms with Gasteiger partial charge in [-0.05, 0) is 28.7 Å². The van der Waals surface area contributed by atoms with Gasteiger partial charge in [0.25, 0.3) is 0 Å². The van der Waals surface area contributed by atoms with Gasteiger partial charge in [-0.15, -0.1) is 0 Å². The fourth-order valence-electron chi connectivity index (χ4n) is 0.736. The molecule has 0 aromatic carbocycles. The number of hydrogen-bond donors (Lipinski definition) is 0. The third-order valence-electron chi connectivity index (χ3n) is 1.27. The van der Waals surface area contributed by atoms with Gasteiger partial charge in [-0.2, -0.15) is 8.42 Å². The highest BCUT2D eigenvalue weighted by molar-refractivity contribution is 14.1. The van der Waals surface area contributed by atoms with Gasteiger partial charge in [0.2, 0.25) is 5.03 Å². The summed E-state index contributed by atoms with van der Waals surface area (Å²) in [7, 11) is -3.40. The van der Waals surface area contributed by atoms with Crippen molar-refractivity contribution in [2.24, 2.45) is 0 Å². The van der Waals surface area contributed by atoms with E-state index in [4.69, 9.17) is 4.74 Å². The van der Waals surface area contributed by atoms with Gasteiger partial charge >= 0.3 is 10.2 Å². The van der Waals surface area contributed by atoms with Gasteiger partial charge in [-0.1, -0.05) is 3.89 Å². The van der Waals surface area contributed by atoms with Gasteiger partial charge in [0.15, 0.2) is 0 Å². The summed E-state index contributed by atoms with van der Waals surface area (Å²) in [6.45, 7) is 0. The molecule has 1 heterocycles. The SMILES string of the molecule is COc1ccnc(S(=O)(=O)F)c1I. The van der Waals surface area contributed by atoms with Crippen LogP contribution in [0.25, 0.3) is 0 Å². The molecular weight excluding hydrogens is 312 g/mol. The highest BCUT2D eigenvalue weighted by Crippen LogP contribution is 2.26. The molecule has 0 aliphatic carbocycles. The zero-order valence-electron chi connectivity index (χ0n) is 6.49. The molecule has 7 heteroatoms. The number of halogens is 2. The first-order chi connectivity index (χ1) is 5.96. The Bertz CT molecular complexity index is 420. The third-order valence-corrected chi connectivity index (χ3v) is 3.45. The summed E-state index contributed by atoms with van der Waals surface area (Å²) in [5.41, 5.74) is 0. The number of methoxy groups -OCH3 is 1. The average molecular weight is 317 g/mol. The predicted octanol–water partition coefficient (Wildman–Crippen LogP) is 1.35. The van der Waals surface area contributed by atoms with Crippen molar-refractivity contribution in [2.45, 2.75) is 5.03 Å². The molecule has 0 unspecified atom stereocenters. The topological polar surface area (TPSA) is 56.3 Å². The smallest absolute Gasteiger partial charge is 0.350 e. The minimum Gasteiger partial charge on any atom is -0.495 e. The van der Waals surface area contributed by atoms with E-state index in [0.29, 0.717) is 0 Å². The number of nitrogens with zero attached hydrogens (tertiary/aromatic N) is 1. The summed E-state index contributed by atoms with van der Waals surface area (Å²) in [5, 5.41) is -0.604. The van der Waals surface area contributed by atoms with Gasteiger partial charge in [-0.25, -0.2) is 4.98 Å². The molecule has 0 atom stereocenters. The van der Waals surface area contributed by atoms with E-state index in [2.05, 4.69) is 4.98 Å². The molecule has 72 valence electrons. The Morgan fingerprint density at radius 3 is 2.69 bits per heavy atom. The molecule has 1 rings (SSSR count).